The summed E-state index contributed by atoms with van der Waals surface area (Å²) in [6.45, 7) is 0. The third kappa shape index (κ3) is 1.15. The zero-order chi connectivity index (χ0) is 11.3. The van der Waals surface area contributed by atoms with Crippen LogP contribution in [0.1, 0.15) is 0 Å². The van der Waals surface area contributed by atoms with Gasteiger partial charge in [0.25, 0.3) is 0 Å². The first-order valence-electron chi connectivity index (χ1n) is 5.02. The van der Waals surface area contributed by atoms with Gasteiger partial charge in [0.15, 0.2) is 9.84 Å². The molecule has 0 unspecified atom stereocenters. The molecule has 0 aromatic heterocycles. The number of fused-ring (bicyclic) bond motifs is 4. The molecule has 2 aromatic carbocycles. The quantitative estimate of drug-likeness (QED) is 0.644. The van der Waals surface area contributed by atoms with Crippen LogP contribution in [0.2, 0.25) is 0 Å². The van der Waals surface area contributed by atoms with Gasteiger partial charge in [0, 0.05) is 11.8 Å². The molecule has 0 saturated carbocycles. The molecule has 1 aliphatic rings. The van der Waals surface area contributed by atoms with Crippen LogP contribution in [0, 0.1) is 0 Å². The molecule has 0 atom stereocenters. The first kappa shape index (κ1) is 9.60. The van der Waals surface area contributed by atoms with Crippen molar-refractivity contribution in [2.45, 2.75) is 4.90 Å². The predicted octanol–water partition coefficient (Wildman–Crippen LogP) is 2.74. The van der Waals surface area contributed by atoms with Crippen LogP contribution in [0.15, 0.2) is 47.4 Å². The zero-order valence-corrected chi connectivity index (χ0v) is 9.58. The van der Waals surface area contributed by atoms with Crippen molar-refractivity contribution in [3.63, 3.8) is 0 Å². The summed E-state index contributed by atoms with van der Waals surface area (Å²) in [5.41, 5.74) is 4.10. The molecule has 0 N–H and O–H groups in total. The van der Waals surface area contributed by atoms with Crippen molar-refractivity contribution in [1.29, 1.82) is 0 Å². The highest BCUT2D eigenvalue weighted by molar-refractivity contribution is 7.90. The van der Waals surface area contributed by atoms with Crippen LogP contribution in [0.25, 0.3) is 22.3 Å². The standard InChI is InChI=1S/C13H10O2S/c1-16(14,15)12-8-4-7-11-9-5-2-3-6-10(9)13(11)12/h2-8H,1H3. The van der Waals surface area contributed by atoms with Crippen molar-refractivity contribution < 1.29 is 8.42 Å². The minimum atomic E-state index is -3.15. The molecule has 0 radical (unpaired) electrons. The topological polar surface area (TPSA) is 34.1 Å². The monoisotopic (exact) mass is 230 g/mol. The molecular weight excluding hydrogens is 220 g/mol. The van der Waals surface area contributed by atoms with E-state index in [1.165, 1.54) is 6.26 Å². The molecule has 80 valence electrons. The highest BCUT2D eigenvalue weighted by Crippen LogP contribution is 2.49. The Bertz CT molecular complexity index is 685. The Morgan fingerprint density at radius 2 is 1.44 bits per heavy atom. The lowest BCUT2D eigenvalue weighted by molar-refractivity contribution is 0.602. The lowest BCUT2D eigenvalue weighted by Crippen LogP contribution is -2.07. The molecular formula is C13H10O2S. The van der Waals surface area contributed by atoms with E-state index >= 15 is 0 Å². The Morgan fingerprint density at radius 3 is 2.12 bits per heavy atom. The third-order valence-corrected chi connectivity index (χ3v) is 4.05. The average Bonchev–Trinajstić information content (AvgIpc) is 2.23. The maximum absolute atomic E-state index is 11.6. The van der Waals surface area contributed by atoms with Crippen molar-refractivity contribution in [3.8, 4) is 22.3 Å². The largest absolute Gasteiger partial charge is 0.224 e. The van der Waals surface area contributed by atoms with Gasteiger partial charge in [0.05, 0.1) is 4.90 Å². The maximum atomic E-state index is 11.6. The molecule has 3 heteroatoms. The smallest absolute Gasteiger partial charge is 0.176 e. The van der Waals surface area contributed by atoms with Gasteiger partial charge in [-0.25, -0.2) is 8.42 Å². The lowest BCUT2D eigenvalue weighted by Gasteiger charge is -2.25. The van der Waals surface area contributed by atoms with Gasteiger partial charge in [-0.3, -0.25) is 0 Å². The van der Waals surface area contributed by atoms with Crippen molar-refractivity contribution in [2.75, 3.05) is 6.26 Å². The van der Waals surface area contributed by atoms with Crippen LogP contribution >= 0.6 is 0 Å². The van der Waals surface area contributed by atoms with E-state index in [0.717, 1.165) is 22.3 Å². The summed E-state index contributed by atoms with van der Waals surface area (Å²) in [5, 5.41) is 0. The van der Waals surface area contributed by atoms with Gasteiger partial charge in [0.1, 0.15) is 0 Å². The number of benzene rings is 2. The Hall–Kier alpha value is -1.61. The SMILES string of the molecule is CS(=O)(=O)c1cccc2c1-c1ccccc1-2. The summed E-state index contributed by atoms with van der Waals surface area (Å²) < 4.78 is 23.3. The summed E-state index contributed by atoms with van der Waals surface area (Å²) in [6, 6.07) is 13.3. The first-order chi connectivity index (χ1) is 7.59. The Balaban J connectivity index is 2.35. The first-order valence-corrected chi connectivity index (χ1v) is 6.91. The van der Waals surface area contributed by atoms with Crippen LogP contribution in [0.3, 0.4) is 0 Å². The van der Waals surface area contributed by atoms with Crippen LogP contribution in [-0.4, -0.2) is 14.7 Å². The van der Waals surface area contributed by atoms with Crippen molar-refractivity contribution in [1.82, 2.24) is 0 Å². The van der Waals surface area contributed by atoms with E-state index in [0.29, 0.717) is 4.90 Å². The lowest BCUT2D eigenvalue weighted by atomic mass is 9.81. The van der Waals surface area contributed by atoms with Gasteiger partial charge in [-0.1, -0.05) is 36.4 Å². The normalized spacial score (nSPS) is 12.6. The number of rotatable bonds is 1. The fraction of sp³-hybridized carbons (Fsp3) is 0.0769. The van der Waals surface area contributed by atoms with Gasteiger partial charge in [-0.05, 0) is 22.8 Å². The fourth-order valence-electron chi connectivity index (χ4n) is 2.22. The summed E-state index contributed by atoms with van der Waals surface area (Å²) in [5.74, 6) is 0. The van der Waals surface area contributed by atoms with Gasteiger partial charge < -0.3 is 0 Å². The molecule has 0 spiro atoms. The van der Waals surface area contributed by atoms with Crippen LogP contribution in [0.5, 0.6) is 0 Å². The number of hydrogen-bond donors (Lipinski definition) is 0. The molecule has 0 heterocycles. The molecule has 3 rings (SSSR count). The minimum absolute atomic E-state index is 0.434. The molecule has 1 aliphatic carbocycles. The molecule has 2 aromatic rings. The van der Waals surface area contributed by atoms with Gasteiger partial charge in [-0.15, -0.1) is 0 Å². The highest BCUT2D eigenvalue weighted by atomic mass is 32.2. The van der Waals surface area contributed by atoms with Crippen molar-refractivity contribution >= 4 is 9.84 Å². The van der Waals surface area contributed by atoms with Crippen LogP contribution in [-0.2, 0) is 9.84 Å². The second-order valence-corrected chi connectivity index (χ2v) is 5.98. The van der Waals surface area contributed by atoms with Crippen LogP contribution in [0.4, 0.5) is 0 Å². The third-order valence-electron chi connectivity index (χ3n) is 2.91. The fourth-order valence-corrected chi connectivity index (χ4v) is 3.13. The Morgan fingerprint density at radius 1 is 0.812 bits per heavy atom. The Kier molecular flexibility index (Phi) is 1.77. The van der Waals surface area contributed by atoms with E-state index in [2.05, 4.69) is 0 Å². The van der Waals surface area contributed by atoms with E-state index < -0.39 is 9.84 Å². The second-order valence-electron chi connectivity index (χ2n) is 4.00. The Labute approximate surface area is 94.5 Å². The maximum Gasteiger partial charge on any atom is 0.176 e. The highest BCUT2D eigenvalue weighted by Gasteiger charge is 2.27. The summed E-state index contributed by atoms with van der Waals surface area (Å²) >= 11 is 0. The molecule has 2 nitrogen and oxygen atoms in total. The van der Waals surface area contributed by atoms with Crippen LogP contribution < -0.4 is 0 Å². The van der Waals surface area contributed by atoms with E-state index in [1.807, 2.05) is 30.3 Å². The number of sulfone groups is 1. The summed E-state index contributed by atoms with van der Waals surface area (Å²) in [4.78, 5) is 0.434. The van der Waals surface area contributed by atoms with E-state index in [1.54, 1.807) is 12.1 Å². The second kappa shape index (κ2) is 2.95. The molecule has 0 saturated heterocycles. The summed E-state index contributed by atoms with van der Waals surface area (Å²) in [7, 11) is -3.15. The van der Waals surface area contributed by atoms with E-state index in [4.69, 9.17) is 0 Å². The minimum Gasteiger partial charge on any atom is -0.224 e. The summed E-state index contributed by atoms with van der Waals surface area (Å²) in [6.07, 6.45) is 1.25. The molecule has 0 bridgehead atoms. The molecule has 0 fully saturated rings. The van der Waals surface area contributed by atoms with Gasteiger partial charge >= 0.3 is 0 Å². The molecule has 0 amide bonds. The average molecular weight is 230 g/mol. The van der Waals surface area contributed by atoms with E-state index in [-0.39, 0.29) is 0 Å². The molecule has 16 heavy (non-hydrogen) atoms. The predicted molar refractivity (Wildman–Crippen MR) is 64.0 cm³/mol. The number of hydrogen-bond acceptors (Lipinski definition) is 2. The van der Waals surface area contributed by atoms with Gasteiger partial charge in [0.2, 0.25) is 0 Å². The molecule has 0 aliphatic heterocycles. The van der Waals surface area contributed by atoms with Crippen molar-refractivity contribution in [2.24, 2.45) is 0 Å². The van der Waals surface area contributed by atoms with E-state index in [9.17, 15) is 8.42 Å². The van der Waals surface area contributed by atoms with Gasteiger partial charge in [-0.2, -0.15) is 0 Å². The zero-order valence-electron chi connectivity index (χ0n) is 8.77. The van der Waals surface area contributed by atoms with Crippen molar-refractivity contribution in [3.05, 3.63) is 42.5 Å².